The van der Waals surface area contributed by atoms with E-state index in [0.717, 1.165) is 16.0 Å². The fraction of sp³-hybridized carbons (Fsp3) is 0.121. The number of hydrogen-bond donors (Lipinski definition) is 0. The Kier molecular flexibility index (Phi) is 7.94. The highest BCUT2D eigenvalue weighted by molar-refractivity contribution is 7.10. The number of benzene rings is 3. The minimum atomic E-state index is -0.687. The summed E-state index contributed by atoms with van der Waals surface area (Å²) in [5.41, 5.74) is 2.52. The Morgan fingerprint density at radius 3 is 2.60 bits per heavy atom. The van der Waals surface area contributed by atoms with Gasteiger partial charge in [0.25, 0.3) is 5.56 Å². The van der Waals surface area contributed by atoms with Gasteiger partial charge in [-0.15, -0.1) is 11.3 Å². The van der Waals surface area contributed by atoms with Gasteiger partial charge in [0.1, 0.15) is 24.2 Å². The van der Waals surface area contributed by atoms with Crippen LogP contribution >= 0.6 is 22.7 Å². The van der Waals surface area contributed by atoms with Gasteiger partial charge in [0.2, 0.25) is 0 Å². The Morgan fingerprint density at radius 1 is 1.02 bits per heavy atom. The molecule has 0 aliphatic carbocycles. The molecule has 3 heterocycles. The van der Waals surface area contributed by atoms with Crippen molar-refractivity contribution in [2.45, 2.75) is 19.6 Å². The first-order valence-corrected chi connectivity index (χ1v) is 15.0. The van der Waals surface area contributed by atoms with E-state index in [1.807, 2.05) is 60.0 Å². The molecule has 2 aromatic heterocycles. The van der Waals surface area contributed by atoms with E-state index >= 15 is 0 Å². The lowest BCUT2D eigenvalue weighted by Crippen LogP contribution is -2.39. The highest BCUT2D eigenvalue weighted by atomic mass is 32.1. The Balaban J connectivity index is 1.45. The maximum absolute atomic E-state index is 14.0. The SMILES string of the molecule is CCOC(=O)C1=C(c2ccccc2)N=c2s/c(=C\c3cccc(OCc4ccccc4F)c3)c(=O)n2[C@H]1c1cccs1. The maximum atomic E-state index is 14.0. The first-order chi connectivity index (χ1) is 20.5. The molecule has 42 heavy (non-hydrogen) atoms. The predicted molar refractivity (Wildman–Crippen MR) is 163 cm³/mol. The van der Waals surface area contributed by atoms with Crippen LogP contribution in [-0.4, -0.2) is 17.1 Å². The van der Waals surface area contributed by atoms with Crippen molar-refractivity contribution in [2.24, 2.45) is 4.99 Å². The molecule has 0 radical (unpaired) electrons. The number of rotatable bonds is 8. The second-order valence-corrected chi connectivity index (χ2v) is 11.4. The van der Waals surface area contributed by atoms with E-state index in [0.29, 0.717) is 31.9 Å². The van der Waals surface area contributed by atoms with Crippen molar-refractivity contribution < 1.29 is 18.7 Å². The molecule has 0 bridgehead atoms. The van der Waals surface area contributed by atoms with Crippen LogP contribution in [0.2, 0.25) is 0 Å². The number of carbonyl (C=O) groups excluding carboxylic acids is 1. The molecular formula is C33H25FN2O4S2. The van der Waals surface area contributed by atoms with Crippen molar-refractivity contribution in [3.63, 3.8) is 0 Å². The van der Waals surface area contributed by atoms with E-state index in [2.05, 4.69) is 0 Å². The molecule has 5 aromatic rings. The lowest BCUT2D eigenvalue weighted by molar-refractivity contribution is -0.138. The van der Waals surface area contributed by atoms with Crippen LogP contribution < -0.4 is 19.6 Å². The van der Waals surface area contributed by atoms with E-state index in [1.165, 1.54) is 28.7 Å². The maximum Gasteiger partial charge on any atom is 0.338 e. The van der Waals surface area contributed by atoms with Crippen LogP contribution in [-0.2, 0) is 16.1 Å². The summed E-state index contributed by atoms with van der Waals surface area (Å²) in [5, 5.41) is 1.92. The average Bonchev–Trinajstić information content (AvgIpc) is 3.65. The fourth-order valence-electron chi connectivity index (χ4n) is 4.78. The predicted octanol–water partition coefficient (Wildman–Crippen LogP) is 5.72. The number of nitrogens with zero attached hydrogens (tertiary/aromatic N) is 2. The lowest BCUT2D eigenvalue weighted by Gasteiger charge is -2.24. The van der Waals surface area contributed by atoms with Crippen LogP contribution in [0.4, 0.5) is 4.39 Å². The molecule has 1 atom stereocenters. The molecule has 0 N–H and O–H groups in total. The van der Waals surface area contributed by atoms with Gasteiger partial charge in [-0.1, -0.05) is 78.1 Å². The van der Waals surface area contributed by atoms with Crippen LogP contribution in [0.1, 0.15) is 34.5 Å². The van der Waals surface area contributed by atoms with Gasteiger partial charge in [0.05, 0.1) is 22.4 Å². The van der Waals surface area contributed by atoms with Crippen molar-refractivity contribution in [3.8, 4) is 5.75 Å². The van der Waals surface area contributed by atoms with E-state index in [-0.39, 0.29) is 24.6 Å². The Labute approximate surface area is 249 Å². The lowest BCUT2D eigenvalue weighted by atomic mass is 9.97. The van der Waals surface area contributed by atoms with Crippen LogP contribution in [0.5, 0.6) is 5.75 Å². The highest BCUT2D eigenvalue weighted by Gasteiger charge is 2.35. The van der Waals surface area contributed by atoms with Gasteiger partial charge >= 0.3 is 5.97 Å². The van der Waals surface area contributed by atoms with Crippen molar-refractivity contribution in [3.05, 3.63) is 149 Å². The number of carbonyl (C=O) groups is 1. The molecule has 1 aliphatic rings. The zero-order valence-corrected chi connectivity index (χ0v) is 24.2. The van der Waals surface area contributed by atoms with Gasteiger partial charge in [0.15, 0.2) is 4.80 Å². The zero-order chi connectivity index (χ0) is 29.1. The summed E-state index contributed by atoms with van der Waals surface area (Å²) >= 11 is 2.72. The van der Waals surface area contributed by atoms with Crippen LogP contribution in [0, 0.1) is 5.82 Å². The molecule has 0 saturated carbocycles. The molecule has 6 nitrogen and oxygen atoms in total. The van der Waals surface area contributed by atoms with Crippen molar-refractivity contribution in [2.75, 3.05) is 6.61 Å². The number of aromatic nitrogens is 1. The normalized spacial score (nSPS) is 14.8. The van der Waals surface area contributed by atoms with Gasteiger partial charge in [0, 0.05) is 16.0 Å². The second-order valence-electron chi connectivity index (χ2n) is 9.40. The first kappa shape index (κ1) is 27.6. The van der Waals surface area contributed by atoms with Crippen molar-refractivity contribution >= 4 is 40.4 Å². The molecule has 6 rings (SSSR count). The molecule has 210 valence electrons. The van der Waals surface area contributed by atoms with Gasteiger partial charge in [-0.3, -0.25) is 9.36 Å². The zero-order valence-electron chi connectivity index (χ0n) is 22.5. The topological polar surface area (TPSA) is 69.9 Å². The summed E-state index contributed by atoms with van der Waals surface area (Å²) in [6, 6.07) is 26.3. The number of esters is 1. The van der Waals surface area contributed by atoms with Gasteiger partial charge in [-0.05, 0) is 48.2 Å². The summed E-state index contributed by atoms with van der Waals surface area (Å²) in [4.78, 5) is 33.6. The third-order valence-electron chi connectivity index (χ3n) is 6.69. The molecule has 9 heteroatoms. The van der Waals surface area contributed by atoms with Gasteiger partial charge in [-0.25, -0.2) is 14.2 Å². The molecule has 1 aliphatic heterocycles. The molecule has 0 spiro atoms. The van der Waals surface area contributed by atoms with Crippen LogP contribution in [0.3, 0.4) is 0 Å². The average molecular weight is 597 g/mol. The molecule has 0 fully saturated rings. The quantitative estimate of drug-likeness (QED) is 0.215. The Hall–Kier alpha value is -4.60. The van der Waals surface area contributed by atoms with Crippen LogP contribution in [0.15, 0.2) is 112 Å². The van der Waals surface area contributed by atoms with E-state index in [4.69, 9.17) is 14.5 Å². The summed E-state index contributed by atoms with van der Waals surface area (Å²) in [7, 11) is 0. The fourth-order valence-corrected chi connectivity index (χ4v) is 6.60. The molecular weight excluding hydrogens is 572 g/mol. The Morgan fingerprint density at radius 2 is 1.83 bits per heavy atom. The third kappa shape index (κ3) is 5.48. The van der Waals surface area contributed by atoms with E-state index < -0.39 is 12.0 Å². The summed E-state index contributed by atoms with van der Waals surface area (Å²) in [6.07, 6.45) is 1.78. The van der Waals surface area contributed by atoms with E-state index in [9.17, 15) is 14.0 Å². The summed E-state index contributed by atoms with van der Waals surface area (Å²) in [6.45, 7) is 2.03. The molecule has 3 aromatic carbocycles. The van der Waals surface area contributed by atoms with Gasteiger partial charge < -0.3 is 9.47 Å². The third-order valence-corrected chi connectivity index (χ3v) is 8.60. The minimum absolute atomic E-state index is 0.0814. The van der Waals surface area contributed by atoms with Crippen molar-refractivity contribution in [1.82, 2.24) is 4.57 Å². The number of halogens is 1. The van der Waals surface area contributed by atoms with Gasteiger partial charge in [-0.2, -0.15) is 0 Å². The standard InChI is InChI=1S/C33H25FN2O4S2/c1-2-39-32(38)28-29(22-11-4-3-5-12-22)35-33-36(30(28)26-16-9-17-41-26)31(37)27(42-33)19-21-10-8-14-24(18-21)40-20-23-13-6-7-15-25(23)34/h3-19,30H,2,20H2,1H3/b27-19-/t30-/m0/s1. The molecule has 0 amide bonds. The minimum Gasteiger partial charge on any atom is -0.489 e. The first-order valence-electron chi connectivity index (χ1n) is 13.3. The van der Waals surface area contributed by atoms with E-state index in [1.54, 1.807) is 47.9 Å². The number of thiazole rings is 1. The Bertz CT molecular complexity index is 1960. The number of ether oxygens (including phenoxy) is 2. The summed E-state index contributed by atoms with van der Waals surface area (Å²) in [5.74, 6) is -0.285. The van der Waals surface area contributed by atoms with Crippen molar-refractivity contribution in [1.29, 1.82) is 0 Å². The smallest absolute Gasteiger partial charge is 0.338 e. The molecule has 0 saturated heterocycles. The highest BCUT2D eigenvalue weighted by Crippen LogP contribution is 2.36. The monoisotopic (exact) mass is 596 g/mol. The number of thiophene rings is 1. The van der Waals surface area contributed by atoms with Crippen LogP contribution in [0.25, 0.3) is 11.8 Å². The number of fused-ring (bicyclic) bond motifs is 1. The molecule has 0 unspecified atom stereocenters. The second kappa shape index (κ2) is 12.1. The summed E-state index contributed by atoms with van der Waals surface area (Å²) < 4.78 is 27.4. The largest absolute Gasteiger partial charge is 0.489 e. The number of hydrogen-bond acceptors (Lipinski definition) is 7.